The molecule has 1 N–H and O–H groups in total. The molecule has 2 rings (SSSR count). The lowest BCUT2D eigenvalue weighted by Gasteiger charge is -2.42. The Balaban J connectivity index is 2.37. The van der Waals surface area contributed by atoms with Gasteiger partial charge in [-0.25, -0.2) is 0 Å². The fourth-order valence-electron chi connectivity index (χ4n) is 3.02. The lowest BCUT2D eigenvalue weighted by atomic mass is 9.82. The first kappa shape index (κ1) is 15.7. The summed E-state index contributed by atoms with van der Waals surface area (Å²) < 4.78 is 82.6. The molecule has 3 nitrogen and oxygen atoms in total. The summed E-state index contributed by atoms with van der Waals surface area (Å²) >= 11 is 5.70. The molecule has 2 bridgehead atoms. The summed E-state index contributed by atoms with van der Waals surface area (Å²) in [7, 11) is 0. The van der Waals surface area contributed by atoms with E-state index in [1.54, 1.807) is 0 Å². The summed E-state index contributed by atoms with van der Waals surface area (Å²) in [6.45, 7) is 1.02. The minimum atomic E-state index is -5.54. The third-order valence-corrected chi connectivity index (χ3v) is 4.35. The number of rotatable bonds is 1. The van der Waals surface area contributed by atoms with Crippen LogP contribution in [0.2, 0.25) is 0 Å². The Morgan fingerprint density at radius 1 is 1.25 bits per heavy atom. The largest absolute Gasteiger partial charge is 0.461 e. The fraction of sp³-hybridized carbons (Fsp3) is 0.900. The Morgan fingerprint density at radius 2 is 1.75 bits per heavy atom. The van der Waals surface area contributed by atoms with Gasteiger partial charge in [0.1, 0.15) is 6.10 Å². The topological polar surface area (TPSA) is 38.3 Å². The van der Waals surface area contributed by atoms with Crippen LogP contribution in [0.15, 0.2) is 0 Å². The smallest absolute Gasteiger partial charge is 0.415 e. The minimum absolute atomic E-state index is 0.579. The van der Waals surface area contributed by atoms with Crippen molar-refractivity contribution in [2.24, 2.45) is 5.92 Å². The second-order valence-electron chi connectivity index (χ2n) is 4.91. The van der Waals surface area contributed by atoms with Crippen molar-refractivity contribution < 1.29 is 35.9 Å². The minimum Gasteiger partial charge on any atom is -0.461 e. The maximum absolute atomic E-state index is 13.0. The second-order valence-corrected chi connectivity index (χ2v) is 5.41. The normalized spacial score (nSPS) is 36.2. The number of carbonyl (C=O) groups is 1. The number of carbonyl (C=O) groups excluding carboxylic acids is 1. The van der Waals surface area contributed by atoms with E-state index in [2.05, 4.69) is 0 Å². The molecule has 0 amide bonds. The number of piperidine rings is 1. The molecular formula is C10H10ClF6NO2. The Bertz CT molecular complexity index is 409. The quantitative estimate of drug-likeness (QED) is 0.457. The summed E-state index contributed by atoms with van der Waals surface area (Å²) in [6.07, 6.45) is -12.7. The van der Waals surface area contributed by atoms with Crippen molar-refractivity contribution in [3.63, 3.8) is 0 Å². The van der Waals surface area contributed by atoms with Gasteiger partial charge in [-0.2, -0.15) is 26.3 Å². The molecule has 2 aliphatic rings. The zero-order valence-electron chi connectivity index (χ0n) is 9.98. The maximum atomic E-state index is 13.0. The van der Waals surface area contributed by atoms with Gasteiger partial charge < -0.3 is 4.74 Å². The van der Waals surface area contributed by atoms with E-state index in [0.717, 1.165) is 6.92 Å². The van der Waals surface area contributed by atoms with E-state index < -0.39 is 53.7 Å². The number of alkyl halides is 7. The molecule has 0 aromatic carbocycles. The molecule has 1 saturated carbocycles. The molecule has 0 unspecified atom stereocenters. The second kappa shape index (κ2) is 4.40. The predicted molar refractivity (Wildman–Crippen MR) is 55.1 cm³/mol. The predicted octanol–water partition coefficient (Wildman–Crippen LogP) is 2.38. The number of nitrogens with one attached hydrogen (secondary N) is 1. The van der Waals surface area contributed by atoms with Gasteiger partial charge in [0.25, 0.3) is 0 Å². The zero-order valence-corrected chi connectivity index (χ0v) is 10.7. The molecule has 20 heavy (non-hydrogen) atoms. The van der Waals surface area contributed by atoms with Crippen LogP contribution in [-0.2, 0) is 9.53 Å². The van der Waals surface area contributed by atoms with Crippen LogP contribution in [0.5, 0.6) is 0 Å². The first-order valence-electron chi connectivity index (χ1n) is 5.64. The molecule has 0 aromatic rings. The van der Waals surface area contributed by atoms with Gasteiger partial charge >= 0.3 is 18.3 Å². The standard InChI is InChI=1S/C10H10ClF6NO2/c1-3(19)20-5-2-4-6(11)7(5)18-8(4,9(12,13)14)10(15,16)17/h4-7,18H,2H2,1H3/t4-,5+,6-,7+/m0/s1. The number of ether oxygens (including phenoxy) is 1. The number of hydrogen-bond acceptors (Lipinski definition) is 3. The van der Waals surface area contributed by atoms with E-state index in [4.69, 9.17) is 16.3 Å². The fourth-order valence-corrected chi connectivity index (χ4v) is 3.54. The molecule has 0 aromatic heterocycles. The molecule has 1 aliphatic carbocycles. The van der Waals surface area contributed by atoms with Crippen molar-refractivity contribution in [3.8, 4) is 0 Å². The average molecular weight is 326 g/mol. The SMILES string of the molecule is CC(=O)O[C@@H]1C[C@H]2[C@H](Cl)[C@@H]1NC2(C(F)(F)F)C(F)(F)F. The first-order valence-corrected chi connectivity index (χ1v) is 6.08. The van der Waals surface area contributed by atoms with E-state index in [-0.39, 0.29) is 0 Å². The molecule has 1 heterocycles. The third kappa shape index (κ3) is 1.97. The van der Waals surface area contributed by atoms with Gasteiger partial charge in [0.15, 0.2) is 0 Å². The van der Waals surface area contributed by atoms with E-state index in [1.165, 1.54) is 5.32 Å². The van der Waals surface area contributed by atoms with Gasteiger partial charge in [-0.1, -0.05) is 0 Å². The summed E-state index contributed by atoms with van der Waals surface area (Å²) in [4.78, 5) is 10.8. The number of esters is 1. The summed E-state index contributed by atoms with van der Waals surface area (Å²) in [6, 6.07) is -1.38. The van der Waals surface area contributed by atoms with Gasteiger partial charge in [-0.05, 0) is 6.42 Å². The zero-order chi connectivity index (χ0) is 15.5. The van der Waals surface area contributed by atoms with Gasteiger partial charge in [0.2, 0.25) is 5.54 Å². The Labute approximate surface area is 114 Å². The summed E-state index contributed by atoms with van der Waals surface area (Å²) in [5.74, 6) is -2.71. The number of fused-ring (bicyclic) bond motifs is 2. The van der Waals surface area contributed by atoms with E-state index >= 15 is 0 Å². The van der Waals surface area contributed by atoms with Crippen LogP contribution < -0.4 is 5.32 Å². The Hall–Kier alpha value is -0.700. The van der Waals surface area contributed by atoms with Crippen molar-refractivity contribution in [2.75, 3.05) is 0 Å². The number of hydrogen-bond donors (Lipinski definition) is 1. The first-order chi connectivity index (χ1) is 8.92. The van der Waals surface area contributed by atoms with Crippen molar-refractivity contribution in [1.29, 1.82) is 0 Å². The molecule has 116 valence electrons. The molecular weight excluding hydrogens is 316 g/mol. The van der Waals surface area contributed by atoms with Crippen molar-refractivity contribution in [3.05, 3.63) is 0 Å². The van der Waals surface area contributed by atoms with Crippen LogP contribution in [0, 0.1) is 5.92 Å². The van der Waals surface area contributed by atoms with E-state index in [0.29, 0.717) is 0 Å². The average Bonchev–Trinajstić information content (AvgIpc) is 2.66. The highest BCUT2D eigenvalue weighted by Gasteiger charge is 2.81. The molecule has 0 radical (unpaired) electrons. The number of halogens is 7. The Morgan fingerprint density at radius 3 is 2.05 bits per heavy atom. The summed E-state index contributed by atoms with van der Waals surface area (Å²) in [5.41, 5.74) is -4.05. The molecule has 10 heteroatoms. The van der Waals surface area contributed by atoms with E-state index in [9.17, 15) is 31.1 Å². The molecule has 1 aliphatic heterocycles. The van der Waals surface area contributed by atoms with Gasteiger partial charge in [-0.3, -0.25) is 10.1 Å². The lowest BCUT2D eigenvalue weighted by Crippen LogP contribution is -2.70. The van der Waals surface area contributed by atoms with Crippen LogP contribution in [0.3, 0.4) is 0 Å². The lowest BCUT2D eigenvalue weighted by molar-refractivity contribution is -0.320. The molecule has 1 saturated heterocycles. The van der Waals surface area contributed by atoms with Gasteiger partial charge in [-0.15, -0.1) is 11.6 Å². The highest BCUT2D eigenvalue weighted by molar-refractivity contribution is 6.22. The van der Waals surface area contributed by atoms with Crippen LogP contribution in [-0.4, -0.2) is 41.4 Å². The third-order valence-electron chi connectivity index (χ3n) is 3.78. The van der Waals surface area contributed by atoms with Crippen LogP contribution in [0.25, 0.3) is 0 Å². The van der Waals surface area contributed by atoms with Crippen molar-refractivity contribution >= 4 is 17.6 Å². The van der Waals surface area contributed by atoms with Crippen LogP contribution in [0.1, 0.15) is 13.3 Å². The van der Waals surface area contributed by atoms with Crippen molar-refractivity contribution in [2.45, 2.75) is 48.8 Å². The summed E-state index contributed by atoms with van der Waals surface area (Å²) in [5, 5.41) is 0.116. The van der Waals surface area contributed by atoms with Crippen molar-refractivity contribution in [1.82, 2.24) is 5.32 Å². The molecule has 0 spiro atoms. The van der Waals surface area contributed by atoms with Crippen LogP contribution >= 0.6 is 11.6 Å². The Kier molecular flexibility index (Phi) is 3.45. The van der Waals surface area contributed by atoms with Gasteiger partial charge in [0.05, 0.1) is 11.4 Å². The highest BCUT2D eigenvalue weighted by atomic mass is 35.5. The maximum Gasteiger partial charge on any atom is 0.415 e. The van der Waals surface area contributed by atoms with E-state index in [1.807, 2.05) is 0 Å². The van der Waals surface area contributed by atoms with Crippen LogP contribution in [0.4, 0.5) is 26.3 Å². The van der Waals surface area contributed by atoms with Gasteiger partial charge in [0, 0.05) is 12.8 Å². The molecule has 2 fully saturated rings. The highest BCUT2D eigenvalue weighted by Crippen LogP contribution is 2.58. The molecule has 4 atom stereocenters. The monoisotopic (exact) mass is 325 g/mol.